The van der Waals surface area contributed by atoms with E-state index >= 15 is 0 Å². The van der Waals surface area contributed by atoms with Crippen LogP contribution in [0.3, 0.4) is 0 Å². The molecule has 1 N–H and O–H groups in total. The summed E-state index contributed by atoms with van der Waals surface area (Å²) >= 11 is 1.02. The van der Waals surface area contributed by atoms with Crippen molar-refractivity contribution < 1.29 is 23.8 Å². The van der Waals surface area contributed by atoms with Crippen molar-refractivity contribution >= 4 is 35.0 Å². The maximum atomic E-state index is 11.7. The zero-order valence-corrected chi connectivity index (χ0v) is 14.4. The number of ether oxygens (including phenoxy) is 3. The van der Waals surface area contributed by atoms with Crippen molar-refractivity contribution in [3.8, 4) is 11.5 Å². The van der Waals surface area contributed by atoms with Crippen molar-refractivity contribution in [2.75, 3.05) is 20.3 Å². The number of benzene rings is 1. The fourth-order valence-electron chi connectivity index (χ4n) is 2.13. The molecule has 9 heteroatoms. The Bertz CT molecular complexity index is 816. The number of carbonyl (C=O) groups is 2. The van der Waals surface area contributed by atoms with E-state index in [2.05, 4.69) is 20.3 Å². The van der Waals surface area contributed by atoms with Crippen LogP contribution in [0.15, 0.2) is 33.3 Å². The monoisotopic (exact) mass is 361 g/mol. The number of amidine groups is 1. The van der Waals surface area contributed by atoms with Crippen LogP contribution < -0.4 is 14.8 Å². The summed E-state index contributed by atoms with van der Waals surface area (Å²) < 4.78 is 15.6. The van der Waals surface area contributed by atoms with E-state index in [9.17, 15) is 9.59 Å². The third-order valence-corrected chi connectivity index (χ3v) is 4.28. The number of amides is 1. The molecule has 0 saturated carbocycles. The second-order valence-electron chi connectivity index (χ2n) is 5.09. The molecule has 2 aliphatic heterocycles. The normalized spacial score (nSPS) is 19.5. The maximum Gasteiger partial charge on any atom is 0.331 e. The van der Waals surface area contributed by atoms with Gasteiger partial charge in [-0.05, 0) is 36.4 Å². The summed E-state index contributed by atoms with van der Waals surface area (Å²) in [6.45, 7) is 2.97. The summed E-state index contributed by atoms with van der Waals surface area (Å²) in [7, 11) is 1.24. The lowest BCUT2D eigenvalue weighted by Crippen LogP contribution is -2.19. The molecule has 0 unspecified atom stereocenters. The first-order valence-corrected chi connectivity index (χ1v) is 8.18. The molecule has 1 aromatic rings. The van der Waals surface area contributed by atoms with Crippen molar-refractivity contribution in [2.45, 2.75) is 6.92 Å². The fraction of sp³-hybridized carbons (Fsp3) is 0.250. The van der Waals surface area contributed by atoms with Gasteiger partial charge in [0.05, 0.1) is 18.2 Å². The molecule has 2 heterocycles. The zero-order valence-electron chi connectivity index (χ0n) is 13.6. The van der Waals surface area contributed by atoms with Gasteiger partial charge in [-0.3, -0.25) is 10.1 Å². The van der Waals surface area contributed by atoms with Crippen molar-refractivity contribution in [1.29, 1.82) is 0 Å². The van der Waals surface area contributed by atoms with Gasteiger partial charge in [0.2, 0.25) is 0 Å². The molecule has 1 aromatic carbocycles. The van der Waals surface area contributed by atoms with Crippen molar-refractivity contribution in [2.24, 2.45) is 10.2 Å². The Labute approximate surface area is 147 Å². The largest absolute Gasteiger partial charge is 0.486 e. The molecular formula is C16H15N3O5S. The topological polar surface area (TPSA) is 98.6 Å². The summed E-state index contributed by atoms with van der Waals surface area (Å²) in [6.07, 6.45) is 2.67. The Hall–Kier alpha value is -2.81. The van der Waals surface area contributed by atoms with E-state index in [-0.39, 0.29) is 10.1 Å². The van der Waals surface area contributed by atoms with Crippen molar-refractivity contribution in [3.63, 3.8) is 0 Å². The summed E-state index contributed by atoms with van der Waals surface area (Å²) in [5.74, 6) is 0.357. The highest BCUT2D eigenvalue weighted by Crippen LogP contribution is 2.32. The molecule has 0 bridgehead atoms. The first-order valence-electron chi connectivity index (χ1n) is 7.37. The molecule has 3 rings (SSSR count). The Morgan fingerprint density at radius 1 is 1.32 bits per heavy atom. The van der Waals surface area contributed by atoms with Crippen LogP contribution in [0.1, 0.15) is 11.1 Å². The number of thioether (sulfide) groups is 1. The lowest BCUT2D eigenvalue weighted by molar-refractivity contribution is -0.135. The van der Waals surface area contributed by atoms with Gasteiger partial charge in [-0.2, -0.15) is 5.10 Å². The third kappa shape index (κ3) is 4.00. The van der Waals surface area contributed by atoms with Crippen LogP contribution in [0.2, 0.25) is 0 Å². The van der Waals surface area contributed by atoms with E-state index in [0.717, 1.165) is 29.0 Å². The number of methoxy groups -OCH3 is 1. The number of nitrogens with zero attached hydrogens (tertiary/aromatic N) is 2. The second-order valence-corrected chi connectivity index (χ2v) is 6.12. The van der Waals surface area contributed by atoms with Crippen LogP contribution in [0.4, 0.5) is 0 Å². The van der Waals surface area contributed by atoms with Crippen LogP contribution in [-0.4, -0.2) is 43.6 Å². The maximum absolute atomic E-state index is 11.7. The lowest BCUT2D eigenvalue weighted by atomic mass is 10.1. The van der Waals surface area contributed by atoms with E-state index in [1.54, 1.807) is 6.21 Å². The molecule has 1 amide bonds. The summed E-state index contributed by atoms with van der Waals surface area (Å²) in [4.78, 5) is 23.1. The standard InChI is InChI=1S/C16H15N3O5S/c1-9-5-11-12(24-4-3-23-11)6-10(9)8-17-19-16-18-15(21)13(25-16)7-14(20)22-2/h5-8H,3-4H2,1-2H3,(H,18,19,21)/b13-7+,17-8?. The first-order chi connectivity index (χ1) is 12.1. The zero-order chi connectivity index (χ0) is 17.8. The Kier molecular flexibility index (Phi) is 5.03. The van der Waals surface area contributed by atoms with Crippen molar-refractivity contribution in [1.82, 2.24) is 5.32 Å². The number of esters is 1. The molecule has 0 radical (unpaired) electrons. The minimum absolute atomic E-state index is 0.205. The van der Waals surface area contributed by atoms with Gasteiger partial charge in [-0.1, -0.05) is 0 Å². The molecular weight excluding hydrogens is 346 g/mol. The number of hydrogen-bond acceptors (Lipinski definition) is 8. The number of fused-ring (bicyclic) bond motifs is 1. The Balaban J connectivity index is 1.73. The molecule has 0 spiro atoms. The van der Waals surface area contributed by atoms with Crippen LogP contribution >= 0.6 is 11.8 Å². The van der Waals surface area contributed by atoms with Crippen LogP contribution in [0, 0.1) is 6.92 Å². The van der Waals surface area contributed by atoms with E-state index in [0.29, 0.717) is 24.7 Å². The Morgan fingerprint density at radius 3 is 2.76 bits per heavy atom. The first kappa shape index (κ1) is 17.0. The Morgan fingerprint density at radius 2 is 2.04 bits per heavy atom. The van der Waals surface area contributed by atoms with Gasteiger partial charge in [0, 0.05) is 11.6 Å². The van der Waals surface area contributed by atoms with Gasteiger partial charge in [0.25, 0.3) is 5.91 Å². The molecule has 1 fully saturated rings. The number of hydrogen-bond donors (Lipinski definition) is 1. The third-order valence-electron chi connectivity index (χ3n) is 3.38. The highest BCUT2D eigenvalue weighted by atomic mass is 32.2. The quantitative estimate of drug-likeness (QED) is 0.378. The average molecular weight is 361 g/mol. The molecule has 25 heavy (non-hydrogen) atoms. The molecule has 0 aliphatic carbocycles. The highest BCUT2D eigenvalue weighted by Gasteiger charge is 2.25. The molecule has 0 aromatic heterocycles. The minimum Gasteiger partial charge on any atom is -0.486 e. The van der Waals surface area contributed by atoms with E-state index in [1.807, 2.05) is 19.1 Å². The average Bonchev–Trinajstić information content (AvgIpc) is 2.94. The van der Waals surface area contributed by atoms with Gasteiger partial charge < -0.3 is 14.2 Å². The fourth-order valence-corrected chi connectivity index (χ4v) is 2.87. The van der Waals surface area contributed by atoms with Gasteiger partial charge in [0.1, 0.15) is 13.2 Å². The molecule has 8 nitrogen and oxygen atoms in total. The highest BCUT2D eigenvalue weighted by molar-refractivity contribution is 8.18. The van der Waals surface area contributed by atoms with E-state index in [4.69, 9.17) is 9.47 Å². The number of aryl methyl sites for hydroxylation is 1. The lowest BCUT2D eigenvalue weighted by Gasteiger charge is -2.19. The van der Waals surface area contributed by atoms with Gasteiger partial charge in [-0.15, -0.1) is 5.10 Å². The molecule has 130 valence electrons. The summed E-state index contributed by atoms with van der Waals surface area (Å²) in [5, 5.41) is 10.8. The second kappa shape index (κ2) is 7.39. The van der Waals surface area contributed by atoms with E-state index < -0.39 is 11.9 Å². The number of nitrogens with one attached hydrogen (secondary N) is 1. The van der Waals surface area contributed by atoms with Crippen molar-refractivity contribution in [3.05, 3.63) is 34.2 Å². The van der Waals surface area contributed by atoms with Crippen LogP contribution in [0.5, 0.6) is 11.5 Å². The van der Waals surface area contributed by atoms with E-state index in [1.165, 1.54) is 7.11 Å². The van der Waals surface area contributed by atoms with Gasteiger partial charge in [0.15, 0.2) is 16.7 Å². The predicted octanol–water partition coefficient (Wildman–Crippen LogP) is 1.38. The van der Waals surface area contributed by atoms with Gasteiger partial charge in [-0.25, -0.2) is 4.79 Å². The smallest absolute Gasteiger partial charge is 0.331 e. The SMILES string of the molecule is COC(=O)/C=C1/S/C(=N\N=Cc2cc3c(cc2C)OCCO3)NC1=O. The molecule has 2 aliphatic rings. The predicted molar refractivity (Wildman–Crippen MR) is 93.0 cm³/mol. The number of rotatable bonds is 3. The summed E-state index contributed by atoms with van der Waals surface area (Å²) in [6, 6.07) is 3.71. The number of carbonyl (C=O) groups excluding carboxylic acids is 2. The van der Waals surface area contributed by atoms with Gasteiger partial charge >= 0.3 is 5.97 Å². The molecule has 1 saturated heterocycles. The summed E-state index contributed by atoms with van der Waals surface area (Å²) in [5.41, 5.74) is 1.79. The van der Waals surface area contributed by atoms with Crippen LogP contribution in [0.25, 0.3) is 0 Å². The van der Waals surface area contributed by atoms with Crippen LogP contribution in [-0.2, 0) is 14.3 Å². The molecule has 0 atom stereocenters. The minimum atomic E-state index is -0.602.